The van der Waals surface area contributed by atoms with Gasteiger partial charge in [-0.15, -0.1) is 0 Å². The number of para-hydroxylation sites is 1. The number of aliphatic carboxylic acids is 1. The number of benzene rings is 1. The lowest BCUT2D eigenvalue weighted by molar-refractivity contribution is -0.137. The monoisotopic (exact) mass is 259 g/mol. The van der Waals surface area contributed by atoms with E-state index >= 15 is 0 Å². The first-order valence-electron chi connectivity index (χ1n) is 6.76. The number of rotatable bonds is 4. The number of anilines is 1. The molecule has 1 aliphatic heterocycles. The number of hydrogen-bond acceptors (Lipinski definition) is 2. The molecule has 100 valence electrons. The molecule has 1 fully saturated rings. The highest BCUT2D eigenvalue weighted by molar-refractivity contribution is 5.96. The maximum Gasteiger partial charge on any atom is 0.304 e. The summed E-state index contributed by atoms with van der Waals surface area (Å²) in [6, 6.07) is 7.66. The van der Waals surface area contributed by atoms with Gasteiger partial charge in [-0.1, -0.05) is 18.2 Å². The summed E-state index contributed by atoms with van der Waals surface area (Å²) in [5.41, 5.74) is 1.90. The van der Waals surface area contributed by atoms with Gasteiger partial charge in [0.25, 0.3) is 0 Å². The van der Waals surface area contributed by atoms with Crippen LogP contribution >= 0.6 is 0 Å². The van der Waals surface area contributed by atoms with E-state index in [0.717, 1.165) is 24.1 Å². The van der Waals surface area contributed by atoms with E-state index in [1.165, 1.54) is 0 Å². The van der Waals surface area contributed by atoms with Crippen LogP contribution in [0.25, 0.3) is 0 Å². The molecule has 0 radical (unpaired) electrons. The number of carbonyl (C=O) groups is 2. The molecule has 1 N–H and O–H groups in total. The van der Waals surface area contributed by atoms with Crippen molar-refractivity contribution < 1.29 is 14.7 Å². The van der Waals surface area contributed by atoms with Gasteiger partial charge >= 0.3 is 5.97 Å². The maximum absolute atomic E-state index is 12.3. The molecule has 1 aromatic carbocycles. The fourth-order valence-electron chi connectivity index (χ4n) is 2.80. The highest BCUT2D eigenvalue weighted by Gasteiger charge is 2.35. The van der Waals surface area contributed by atoms with E-state index in [4.69, 9.17) is 5.11 Å². The molecule has 1 unspecified atom stereocenters. The number of hydrogen-bond donors (Lipinski definition) is 1. The van der Waals surface area contributed by atoms with Crippen LogP contribution < -0.4 is 4.90 Å². The quantitative estimate of drug-likeness (QED) is 0.903. The SMILES string of the molecule is O=C(O)CC1CN(C(=O)CC2CC2)c2ccccc21. The molecule has 1 aliphatic carbocycles. The molecule has 4 heteroatoms. The van der Waals surface area contributed by atoms with Gasteiger partial charge in [-0.05, 0) is 30.4 Å². The molecule has 1 saturated carbocycles. The van der Waals surface area contributed by atoms with Gasteiger partial charge in [0.05, 0.1) is 6.42 Å². The lowest BCUT2D eigenvalue weighted by Crippen LogP contribution is -2.30. The summed E-state index contributed by atoms with van der Waals surface area (Å²) in [5, 5.41) is 8.98. The van der Waals surface area contributed by atoms with Crippen LogP contribution in [0.3, 0.4) is 0 Å². The fourth-order valence-corrected chi connectivity index (χ4v) is 2.80. The van der Waals surface area contributed by atoms with Gasteiger partial charge in [0.1, 0.15) is 0 Å². The first-order valence-corrected chi connectivity index (χ1v) is 6.76. The second-order valence-corrected chi connectivity index (χ2v) is 5.51. The van der Waals surface area contributed by atoms with E-state index in [0.29, 0.717) is 18.9 Å². The average molecular weight is 259 g/mol. The largest absolute Gasteiger partial charge is 0.481 e. The van der Waals surface area contributed by atoms with Crippen LogP contribution in [0.15, 0.2) is 24.3 Å². The van der Waals surface area contributed by atoms with Crippen molar-refractivity contribution in [2.24, 2.45) is 5.92 Å². The molecule has 1 heterocycles. The average Bonchev–Trinajstić information content (AvgIpc) is 3.11. The first-order chi connectivity index (χ1) is 9.15. The smallest absolute Gasteiger partial charge is 0.304 e. The lowest BCUT2D eigenvalue weighted by atomic mass is 9.98. The molecule has 0 bridgehead atoms. The Balaban J connectivity index is 1.82. The van der Waals surface area contributed by atoms with Crippen LogP contribution in [-0.4, -0.2) is 23.5 Å². The Morgan fingerprint density at radius 1 is 1.21 bits per heavy atom. The summed E-state index contributed by atoms with van der Waals surface area (Å²) in [6.45, 7) is 0.511. The summed E-state index contributed by atoms with van der Waals surface area (Å²) in [4.78, 5) is 25.0. The Morgan fingerprint density at radius 3 is 2.63 bits per heavy atom. The zero-order chi connectivity index (χ0) is 13.4. The van der Waals surface area contributed by atoms with Gasteiger partial charge in [0, 0.05) is 24.6 Å². The van der Waals surface area contributed by atoms with Crippen LogP contribution in [0.4, 0.5) is 5.69 Å². The minimum Gasteiger partial charge on any atom is -0.481 e. The van der Waals surface area contributed by atoms with Gasteiger partial charge < -0.3 is 10.0 Å². The second-order valence-electron chi connectivity index (χ2n) is 5.51. The van der Waals surface area contributed by atoms with E-state index in [1.807, 2.05) is 24.3 Å². The molecule has 0 aromatic heterocycles. The highest BCUT2D eigenvalue weighted by Crippen LogP contribution is 2.40. The molecule has 0 saturated heterocycles. The number of carbonyl (C=O) groups excluding carboxylic acids is 1. The highest BCUT2D eigenvalue weighted by atomic mass is 16.4. The van der Waals surface area contributed by atoms with E-state index in [9.17, 15) is 9.59 Å². The van der Waals surface area contributed by atoms with Crippen molar-refractivity contribution in [2.45, 2.75) is 31.6 Å². The molecular weight excluding hydrogens is 242 g/mol. The summed E-state index contributed by atoms with van der Waals surface area (Å²) in [5.74, 6) is -0.186. The molecule has 19 heavy (non-hydrogen) atoms. The maximum atomic E-state index is 12.3. The second kappa shape index (κ2) is 4.68. The minimum absolute atomic E-state index is 0.0724. The molecule has 2 aliphatic rings. The molecule has 3 rings (SSSR count). The van der Waals surface area contributed by atoms with Crippen molar-refractivity contribution in [2.75, 3.05) is 11.4 Å². The molecule has 0 spiro atoms. The molecule has 1 amide bonds. The van der Waals surface area contributed by atoms with E-state index in [1.54, 1.807) is 4.90 Å². The standard InChI is InChI=1S/C15H17NO3/c17-14(7-10-5-6-10)16-9-11(8-15(18)19)12-3-1-2-4-13(12)16/h1-4,10-11H,5-9H2,(H,18,19). The predicted molar refractivity (Wildman–Crippen MR) is 71.1 cm³/mol. The summed E-state index contributed by atoms with van der Waals surface area (Å²) >= 11 is 0. The Labute approximate surface area is 112 Å². The summed E-state index contributed by atoms with van der Waals surface area (Å²) in [7, 11) is 0. The Hall–Kier alpha value is -1.84. The molecule has 1 atom stereocenters. The van der Waals surface area contributed by atoms with Crippen molar-refractivity contribution in [1.82, 2.24) is 0 Å². The first kappa shape index (κ1) is 12.2. The Bertz CT molecular complexity index is 522. The van der Waals surface area contributed by atoms with Gasteiger partial charge in [-0.25, -0.2) is 0 Å². The minimum atomic E-state index is -0.809. The van der Waals surface area contributed by atoms with Crippen molar-refractivity contribution in [3.63, 3.8) is 0 Å². The zero-order valence-corrected chi connectivity index (χ0v) is 10.7. The fraction of sp³-hybridized carbons (Fsp3) is 0.467. The van der Waals surface area contributed by atoms with Crippen molar-refractivity contribution in [3.05, 3.63) is 29.8 Å². The van der Waals surface area contributed by atoms with Gasteiger partial charge in [0.15, 0.2) is 0 Å². The normalized spacial score (nSPS) is 21.3. The number of nitrogens with zero attached hydrogens (tertiary/aromatic N) is 1. The van der Waals surface area contributed by atoms with E-state index in [-0.39, 0.29) is 18.2 Å². The van der Waals surface area contributed by atoms with E-state index in [2.05, 4.69) is 0 Å². The molecule has 1 aromatic rings. The topological polar surface area (TPSA) is 57.6 Å². The van der Waals surface area contributed by atoms with Crippen molar-refractivity contribution in [1.29, 1.82) is 0 Å². The lowest BCUT2D eigenvalue weighted by Gasteiger charge is -2.17. The molecule has 4 nitrogen and oxygen atoms in total. The third kappa shape index (κ3) is 2.48. The van der Waals surface area contributed by atoms with Gasteiger partial charge in [-0.3, -0.25) is 9.59 Å². The van der Waals surface area contributed by atoms with Crippen molar-refractivity contribution in [3.8, 4) is 0 Å². The predicted octanol–water partition coefficient (Wildman–Crippen LogP) is 2.39. The van der Waals surface area contributed by atoms with Crippen LogP contribution in [0.5, 0.6) is 0 Å². The number of fused-ring (bicyclic) bond motifs is 1. The molecular formula is C15H17NO3. The van der Waals surface area contributed by atoms with Crippen LogP contribution in [0.2, 0.25) is 0 Å². The van der Waals surface area contributed by atoms with E-state index < -0.39 is 5.97 Å². The van der Waals surface area contributed by atoms with Crippen LogP contribution in [0.1, 0.15) is 37.2 Å². The number of amides is 1. The number of carboxylic acid groups (broad SMARTS) is 1. The zero-order valence-electron chi connectivity index (χ0n) is 10.7. The van der Waals surface area contributed by atoms with Crippen molar-refractivity contribution >= 4 is 17.6 Å². The Kier molecular flexibility index (Phi) is 3.01. The van der Waals surface area contributed by atoms with Gasteiger partial charge in [0.2, 0.25) is 5.91 Å². The third-order valence-corrected chi connectivity index (χ3v) is 3.95. The van der Waals surface area contributed by atoms with Gasteiger partial charge in [-0.2, -0.15) is 0 Å². The van der Waals surface area contributed by atoms with Crippen LogP contribution in [-0.2, 0) is 9.59 Å². The summed E-state index contributed by atoms with van der Waals surface area (Å²) < 4.78 is 0. The summed E-state index contributed by atoms with van der Waals surface area (Å²) in [6.07, 6.45) is 3.00. The van der Waals surface area contributed by atoms with Crippen LogP contribution in [0, 0.1) is 5.92 Å². The number of carboxylic acids is 1. The Morgan fingerprint density at radius 2 is 1.95 bits per heavy atom. The third-order valence-electron chi connectivity index (χ3n) is 3.95.